The number of anilines is 1. The number of rotatable bonds is 0. The van der Waals surface area contributed by atoms with E-state index in [1.165, 1.54) is 0 Å². The molecule has 0 amide bonds. The standard InChI is InChI=1S/C11H11NO2/c13-8-5-6-11(14)9-3-1-2-4-10(9)12-7-8/h1-4,12H,5-7H2. The summed E-state index contributed by atoms with van der Waals surface area (Å²) in [5, 5.41) is 2.97. The Hall–Kier alpha value is -1.64. The lowest BCUT2D eigenvalue weighted by Gasteiger charge is -2.13. The van der Waals surface area contributed by atoms with Crippen LogP contribution in [0.5, 0.6) is 0 Å². The molecule has 0 spiro atoms. The number of carbonyl (C=O) groups is 2. The number of benzene rings is 1. The van der Waals surface area contributed by atoms with Crippen LogP contribution in [0.25, 0.3) is 0 Å². The van der Waals surface area contributed by atoms with Gasteiger partial charge in [0.1, 0.15) is 0 Å². The van der Waals surface area contributed by atoms with Crippen molar-refractivity contribution < 1.29 is 9.59 Å². The summed E-state index contributed by atoms with van der Waals surface area (Å²) in [5.74, 6) is 0.133. The molecular weight excluding hydrogens is 178 g/mol. The zero-order valence-electron chi connectivity index (χ0n) is 7.75. The van der Waals surface area contributed by atoms with E-state index >= 15 is 0 Å². The van der Waals surface area contributed by atoms with E-state index in [1.54, 1.807) is 6.07 Å². The van der Waals surface area contributed by atoms with Gasteiger partial charge in [-0.15, -0.1) is 0 Å². The third-order valence-corrected chi connectivity index (χ3v) is 2.33. The van der Waals surface area contributed by atoms with Gasteiger partial charge < -0.3 is 5.32 Å². The number of Topliss-reactive ketones (excluding diaryl/α,β-unsaturated/α-hetero) is 2. The van der Waals surface area contributed by atoms with Gasteiger partial charge in [0.2, 0.25) is 0 Å². The molecule has 72 valence electrons. The van der Waals surface area contributed by atoms with Crippen LogP contribution in [0, 0.1) is 0 Å². The van der Waals surface area contributed by atoms with Gasteiger partial charge in [0.15, 0.2) is 11.6 Å². The molecule has 0 aromatic heterocycles. The fourth-order valence-corrected chi connectivity index (χ4v) is 1.55. The molecule has 1 heterocycles. The molecule has 0 atom stereocenters. The van der Waals surface area contributed by atoms with Gasteiger partial charge in [-0.1, -0.05) is 12.1 Å². The maximum absolute atomic E-state index is 11.6. The van der Waals surface area contributed by atoms with Crippen LogP contribution in [0.3, 0.4) is 0 Å². The molecule has 0 saturated carbocycles. The molecule has 1 aromatic carbocycles. The molecule has 3 nitrogen and oxygen atoms in total. The zero-order valence-corrected chi connectivity index (χ0v) is 7.75. The quantitative estimate of drug-likeness (QED) is 0.674. The van der Waals surface area contributed by atoms with E-state index in [-0.39, 0.29) is 11.6 Å². The van der Waals surface area contributed by atoms with Crippen LogP contribution in [0.15, 0.2) is 24.3 Å². The molecular formula is C11H11NO2. The minimum atomic E-state index is 0.0427. The lowest BCUT2D eigenvalue weighted by atomic mass is 10.0. The second kappa shape index (κ2) is 3.62. The van der Waals surface area contributed by atoms with Gasteiger partial charge in [0.25, 0.3) is 0 Å². The van der Waals surface area contributed by atoms with Crippen LogP contribution in [-0.2, 0) is 4.79 Å². The maximum Gasteiger partial charge on any atom is 0.165 e. The van der Waals surface area contributed by atoms with Gasteiger partial charge in [-0.2, -0.15) is 0 Å². The first kappa shape index (κ1) is 8.94. The summed E-state index contributed by atoms with van der Waals surface area (Å²) in [5.41, 5.74) is 1.46. The van der Waals surface area contributed by atoms with Gasteiger partial charge in [-0.25, -0.2) is 0 Å². The third-order valence-electron chi connectivity index (χ3n) is 2.33. The van der Waals surface area contributed by atoms with Gasteiger partial charge in [0.05, 0.1) is 6.54 Å². The Morgan fingerprint density at radius 3 is 2.71 bits per heavy atom. The lowest BCUT2D eigenvalue weighted by Crippen LogP contribution is -2.20. The first-order valence-electron chi connectivity index (χ1n) is 4.65. The number of para-hydroxylation sites is 1. The Bertz CT molecular complexity index is 385. The number of hydrogen-bond donors (Lipinski definition) is 1. The monoisotopic (exact) mass is 189 g/mol. The highest BCUT2D eigenvalue weighted by atomic mass is 16.1. The van der Waals surface area contributed by atoms with Crippen LogP contribution < -0.4 is 5.32 Å². The van der Waals surface area contributed by atoms with E-state index in [0.29, 0.717) is 24.9 Å². The molecule has 14 heavy (non-hydrogen) atoms. The van der Waals surface area contributed by atoms with Gasteiger partial charge in [0, 0.05) is 24.1 Å². The Morgan fingerprint density at radius 1 is 1.07 bits per heavy atom. The van der Waals surface area contributed by atoms with E-state index in [1.807, 2.05) is 18.2 Å². The second-order valence-corrected chi connectivity index (χ2v) is 3.36. The predicted molar refractivity (Wildman–Crippen MR) is 53.5 cm³/mol. The summed E-state index contributed by atoms with van der Waals surface area (Å²) in [7, 11) is 0. The molecule has 0 radical (unpaired) electrons. The molecule has 2 rings (SSSR count). The Morgan fingerprint density at radius 2 is 1.86 bits per heavy atom. The van der Waals surface area contributed by atoms with Crippen molar-refractivity contribution in [3.05, 3.63) is 29.8 Å². The van der Waals surface area contributed by atoms with E-state index in [0.717, 1.165) is 5.69 Å². The molecule has 0 fully saturated rings. The van der Waals surface area contributed by atoms with Crippen LogP contribution >= 0.6 is 0 Å². The van der Waals surface area contributed by atoms with Crippen LogP contribution in [-0.4, -0.2) is 18.1 Å². The summed E-state index contributed by atoms with van der Waals surface area (Å²) >= 11 is 0. The largest absolute Gasteiger partial charge is 0.377 e. The van der Waals surface area contributed by atoms with Gasteiger partial charge >= 0.3 is 0 Å². The first-order chi connectivity index (χ1) is 6.77. The van der Waals surface area contributed by atoms with Crippen molar-refractivity contribution in [1.29, 1.82) is 0 Å². The number of hydrogen-bond acceptors (Lipinski definition) is 3. The Kier molecular flexibility index (Phi) is 2.31. The van der Waals surface area contributed by atoms with Crippen molar-refractivity contribution in [3.63, 3.8) is 0 Å². The summed E-state index contributed by atoms with van der Waals surface area (Å²) < 4.78 is 0. The third kappa shape index (κ3) is 1.66. The topological polar surface area (TPSA) is 46.2 Å². The van der Waals surface area contributed by atoms with Crippen molar-refractivity contribution in [2.45, 2.75) is 12.8 Å². The van der Waals surface area contributed by atoms with Crippen molar-refractivity contribution in [2.24, 2.45) is 0 Å². The van der Waals surface area contributed by atoms with E-state index in [4.69, 9.17) is 0 Å². The summed E-state index contributed by atoms with van der Waals surface area (Å²) in [6, 6.07) is 7.30. The van der Waals surface area contributed by atoms with Crippen LogP contribution in [0.1, 0.15) is 23.2 Å². The minimum absolute atomic E-state index is 0.0427. The maximum atomic E-state index is 11.6. The highest BCUT2D eigenvalue weighted by molar-refractivity contribution is 6.04. The molecule has 3 heteroatoms. The minimum Gasteiger partial charge on any atom is -0.377 e. The van der Waals surface area contributed by atoms with E-state index in [2.05, 4.69) is 5.32 Å². The molecule has 0 saturated heterocycles. The molecule has 0 aliphatic carbocycles. The number of nitrogens with one attached hydrogen (secondary N) is 1. The van der Waals surface area contributed by atoms with E-state index < -0.39 is 0 Å². The number of carbonyl (C=O) groups excluding carboxylic acids is 2. The molecule has 1 N–H and O–H groups in total. The fraction of sp³-hybridized carbons (Fsp3) is 0.273. The average Bonchev–Trinajstić information content (AvgIpc) is 2.21. The molecule has 1 aliphatic heterocycles. The van der Waals surface area contributed by atoms with Crippen molar-refractivity contribution in [2.75, 3.05) is 11.9 Å². The van der Waals surface area contributed by atoms with Crippen molar-refractivity contribution in [3.8, 4) is 0 Å². The Balaban J connectivity index is 2.38. The number of fused-ring (bicyclic) bond motifs is 1. The fourth-order valence-electron chi connectivity index (χ4n) is 1.55. The highest BCUT2D eigenvalue weighted by Crippen LogP contribution is 2.19. The van der Waals surface area contributed by atoms with Gasteiger partial charge in [-0.3, -0.25) is 9.59 Å². The van der Waals surface area contributed by atoms with Crippen molar-refractivity contribution in [1.82, 2.24) is 0 Å². The molecule has 1 aromatic rings. The van der Waals surface area contributed by atoms with Crippen molar-refractivity contribution >= 4 is 17.3 Å². The zero-order chi connectivity index (χ0) is 9.97. The first-order valence-corrected chi connectivity index (χ1v) is 4.65. The van der Waals surface area contributed by atoms with Gasteiger partial charge in [-0.05, 0) is 12.1 Å². The molecule has 0 unspecified atom stereocenters. The summed E-state index contributed by atoms with van der Waals surface area (Å²) in [6.07, 6.45) is 0.678. The Labute approximate surface area is 82.1 Å². The normalized spacial score (nSPS) is 16.6. The molecule has 1 aliphatic rings. The predicted octanol–water partition coefficient (Wildman–Crippen LogP) is 1.64. The lowest BCUT2D eigenvalue weighted by molar-refractivity contribution is -0.117. The summed E-state index contributed by atoms with van der Waals surface area (Å²) in [4.78, 5) is 22.8. The van der Waals surface area contributed by atoms with Crippen LogP contribution in [0.4, 0.5) is 5.69 Å². The second-order valence-electron chi connectivity index (χ2n) is 3.36. The molecule has 0 bridgehead atoms. The average molecular weight is 189 g/mol. The smallest absolute Gasteiger partial charge is 0.165 e. The van der Waals surface area contributed by atoms with Crippen LogP contribution in [0.2, 0.25) is 0 Å². The highest BCUT2D eigenvalue weighted by Gasteiger charge is 2.16. The van der Waals surface area contributed by atoms with E-state index in [9.17, 15) is 9.59 Å². The summed E-state index contributed by atoms with van der Waals surface area (Å²) in [6.45, 7) is 0.324. The SMILES string of the molecule is O=C1CCC(=O)c2ccccc2NC1. The number of ketones is 2.